The Morgan fingerprint density at radius 2 is 1.76 bits per heavy atom. The van der Waals surface area contributed by atoms with E-state index in [1.807, 2.05) is 43.3 Å². The lowest BCUT2D eigenvalue weighted by atomic mass is 9.86. The number of hydrogen-bond donors (Lipinski definition) is 1. The summed E-state index contributed by atoms with van der Waals surface area (Å²) in [4.78, 5) is 26.1. The molecule has 0 saturated carbocycles. The molecule has 0 aliphatic carbocycles. The first-order valence-corrected chi connectivity index (χ1v) is 9.62. The minimum Gasteiger partial charge on any atom is -0.456 e. The number of para-hydroxylation sites is 2. The van der Waals surface area contributed by atoms with Crippen LogP contribution in [0, 0.1) is 6.92 Å². The summed E-state index contributed by atoms with van der Waals surface area (Å²) >= 11 is 0. The van der Waals surface area contributed by atoms with Crippen molar-refractivity contribution in [2.45, 2.75) is 51.7 Å². The molecular weight excluding hydrogens is 370 g/mol. The molecule has 3 rings (SSSR count). The monoisotopic (exact) mass is 397 g/mol. The molecule has 1 aliphatic heterocycles. The van der Waals surface area contributed by atoms with Crippen LogP contribution in [0.25, 0.3) is 0 Å². The second-order valence-electron chi connectivity index (χ2n) is 8.32. The predicted octanol–water partition coefficient (Wildman–Crippen LogP) is 4.70. The highest BCUT2D eigenvalue weighted by atomic mass is 16.6. The van der Waals surface area contributed by atoms with E-state index in [1.165, 1.54) is 7.05 Å². The molecule has 0 radical (unpaired) electrons. The van der Waals surface area contributed by atoms with Crippen molar-refractivity contribution in [2.75, 3.05) is 7.05 Å². The maximum Gasteiger partial charge on any atom is 0.416 e. The molecule has 0 saturated heterocycles. The van der Waals surface area contributed by atoms with Gasteiger partial charge in [-0.05, 0) is 39.3 Å². The summed E-state index contributed by atoms with van der Waals surface area (Å²) in [6, 6.07) is 12.9. The van der Waals surface area contributed by atoms with Crippen LogP contribution in [-0.2, 0) is 9.53 Å². The fourth-order valence-electron chi connectivity index (χ4n) is 3.40. The van der Waals surface area contributed by atoms with Gasteiger partial charge in [-0.1, -0.05) is 36.4 Å². The van der Waals surface area contributed by atoms with Crippen molar-refractivity contribution < 1.29 is 24.2 Å². The topological polar surface area (TPSA) is 76.1 Å². The molecule has 2 amide bonds. The maximum absolute atomic E-state index is 12.9. The predicted molar refractivity (Wildman–Crippen MR) is 109 cm³/mol. The quantitative estimate of drug-likeness (QED) is 0.795. The van der Waals surface area contributed by atoms with Gasteiger partial charge in [0.05, 0.1) is 6.10 Å². The summed E-state index contributed by atoms with van der Waals surface area (Å²) in [7, 11) is 1.39. The van der Waals surface area contributed by atoms with Gasteiger partial charge in [-0.25, -0.2) is 4.79 Å². The normalized spacial score (nSPS) is 18.0. The van der Waals surface area contributed by atoms with Crippen molar-refractivity contribution in [1.82, 2.24) is 4.90 Å². The van der Waals surface area contributed by atoms with E-state index in [1.54, 1.807) is 26.8 Å². The first kappa shape index (κ1) is 20.9. The van der Waals surface area contributed by atoms with Crippen molar-refractivity contribution in [3.63, 3.8) is 0 Å². The van der Waals surface area contributed by atoms with E-state index in [4.69, 9.17) is 9.47 Å². The number of aliphatic hydroxyl groups excluding tert-OH is 1. The summed E-state index contributed by atoms with van der Waals surface area (Å²) in [5, 5.41) is 11.2. The summed E-state index contributed by atoms with van der Waals surface area (Å²) in [5.41, 5.74) is 1.54. The molecule has 2 atom stereocenters. The van der Waals surface area contributed by atoms with Crippen LogP contribution in [0.2, 0.25) is 0 Å². The standard InChI is InChI=1S/C23H27NO5/c1-14-9-8-11-16-20(26)17(15-10-6-7-12-18(15)28-21(14)16)13-19(25)24(5)22(27)29-23(2,3)4/h6-12,17,20,26H,13H2,1-5H3. The number of ether oxygens (including phenoxy) is 2. The Hall–Kier alpha value is -2.86. The first-order chi connectivity index (χ1) is 13.6. The molecule has 0 bridgehead atoms. The molecule has 2 unspecified atom stereocenters. The van der Waals surface area contributed by atoms with Gasteiger partial charge in [-0.2, -0.15) is 0 Å². The van der Waals surface area contributed by atoms with Gasteiger partial charge in [0, 0.05) is 30.5 Å². The minimum absolute atomic E-state index is 0.0648. The van der Waals surface area contributed by atoms with Gasteiger partial charge in [0.25, 0.3) is 0 Å². The van der Waals surface area contributed by atoms with E-state index in [0.29, 0.717) is 17.1 Å². The third-order valence-electron chi connectivity index (χ3n) is 4.91. The van der Waals surface area contributed by atoms with E-state index >= 15 is 0 Å². The van der Waals surface area contributed by atoms with Crippen LogP contribution in [0.1, 0.15) is 55.9 Å². The zero-order chi connectivity index (χ0) is 21.3. The molecule has 1 aliphatic rings. The number of fused-ring (bicyclic) bond motifs is 2. The lowest BCUT2D eigenvalue weighted by molar-refractivity contribution is -0.130. The maximum atomic E-state index is 12.9. The Balaban J connectivity index is 1.93. The number of carbonyl (C=O) groups excluding carboxylic acids is 2. The number of hydrogen-bond acceptors (Lipinski definition) is 5. The van der Waals surface area contributed by atoms with Crippen LogP contribution in [0.5, 0.6) is 11.5 Å². The molecule has 1 N–H and O–H groups in total. The van der Waals surface area contributed by atoms with Crippen molar-refractivity contribution in [2.24, 2.45) is 0 Å². The van der Waals surface area contributed by atoms with Crippen molar-refractivity contribution >= 4 is 12.0 Å². The van der Waals surface area contributed by atoms with Crippen LogP contribution >= 0.6 is 0 Å². The Bertz CT molecular complexity index is 931. The molecule has 2 aromatic rings. The Labute approximate surface area is 171 Å². The van der Waals surface area contributed by atoms with Crippen LogP contribution in [-0.4, -0.2) is 34.7 Å². The molecule has 0 fully saturated rings. The van der Waals surface area contributed by atoms with Crippen LogP contribution in [0.3, 0.4) is 0 Å². The van der Waals surface area contributed by atoms with Gasteiger partial charge in [0.2, 0.25) is 5.91 Å². The number of rotatable bonds is 2. The van der Waals surface area contributed by atoms with Crippen LogP contribution in [0.4, 0.5) is 4.79 Å². The van der Waals surface area contributed by atoms with Gasteiger partial charge < -0.3 is 14.6 Å². The fourth-order valence-corrected chi connectivity index (χ4v) is 3.40. The van der Waals surface area contributed by atoms with E-state index in [-0.39, 0.29) is 6.42 Å². The van der Waals surface area contributed by atoms with E-state index in [9.17, 15) is 14.7 Å². The molecule has 1 heterocycles. The average Bonchev–Trinajstić information content (AvgIpc) is 2.76. The molecule has 6 heteroatoms. The number of aliphatic hydroxyl groups is 1. The summed E-state index contributed by atoms with van der Waals surface area (Å²) in [6.07, 6.45) is -1.74. The average molecular weight is 397 g/mol. The second-order valence-corrected chi connectivity index (χ2v) is 8.32. The number of imide groups is 1. The summed E-state index contributed by atoms with van der Waals surface area (Å²) < 4.78 is 11.4. The molecule has 154 valence electrons. The largest absolute Gasteiger partial charge is 0.456 e. The molecule has 0 spiro atoms. The molecule has 0 aromatic heterocycles. The Morgan fingerprint density at radius 3 is 2.45 bits per heavy atom. The van der Waals surface area contributed by atoms with Crippen molar-refractivity contribution in [3.8, 4) is 11.5 Å². The smallest absolute Gasteiger partial charge is 0.416 e. The zero-order valence-electron chi connectivity index (χ0n) is 17.4. The van der Waals surface area contributed by atoms with Gasteiger partial charge in [0.15, 0.2) is 0 Å². The van der Waals surface area contributed by atoms with E-state index < -0.39 is 29.6 Å². The second kappa shape index (κ2) is 7.87. The lowest BCUT2D eigenvalue weighted by Crippen LogP contribution is -2.38. The number of carbonyl (C=O) groups is 2. The SMILES string of the molecule is Cc1cccc2c1Oc1ccccc1C(CC(=O)N(C)C(=O)OC(C)(C)C)C2O. The highest BCUT2D eigenvalue weighted by molar-refractivity contribution is 5.92. The third kappa shape index (κ3) is 4.43. The number of benzene rings is 2. The number of nitrogens with zero attached hydrogens (tertiary/aromatic N) is 1. The fraction of sp³-hybridized carbons (Fsp3) is 0.391. The van der Waals surface area contributed by atoms with Gasteiger partial charge in [-0.15, -0.1) is 0 Å². The number of amides is 2. The third-order valence-corrected chi connectivity index (χ3v) is 4.91. The van der Waals surface area contributed by atoms with E-state index in [2.05, 4.69) is 0 Å². The minimum atomic E-state index is -0.954. The van der Waals surface area contributed by atoms with E-state index in [0.717, 1.165) is 16.0 Å². The highest BCUT2D eigenvalue weighted by Gasteiger charge is 2.35. The first-order valence-electron chi connectivity index (χ1n) is 9.62. The molecule has 29 heavy (non-hydrogen) atoms. The summed E-state index contributed by atoms with van der Waals surface area (Å²) in [5.74, 6) is 0.195. The molecular formula is C23H27NO5. The lowest BCUT2D eigenvalue weighted by Gasteiger charge is -2.26. The van der Waals surface area contributed by atoms with Gasteiger partial charge in [-0.3, -0.25) is 9.69 Å². The number of aryl methyl sites for hydroxylation is 1. The molecule has 2 aromatic carbocycles. The molecule has 6 nitrogen and oxygen atoms in total. The van der Waals surface area contributed by atoms with Crippen LogP contribution < -0.4 is 4.74 Å². The zero-order valence-corrected chi connectivity index (χ0v) is 17.4. The van der Waals surface area contributed by atoms with Gasteiger partial charge >= 0.3 is 6.09 Å². The Kier molecular flexibility index (Phi) is 5.66. The van der Waals surface area contributed by atoms with Crippen molar-refractivity contribution in [3.05, 3.63) is 59.2 Å². The Morgan fingerprint density at radius 1 is 1.10 bits per heavy atom. The van der Waals surface area contributed by atoms with Crippen molar-refractivity contribution in [1.29, 1.82) is 0 Å². The van der Waals surface area contributed by atoms with Gasteiger partial charge in [0.1, 0.15) is 17.1 Å². The highest BCUT2D eigenvalue weighted by Crippen LogP contribution is 2.47. The summed E-state index contributed by atoms with van der Waals surface area (Å²) in [6.45, 7) is 7.14. The van der Waals surface area contributed by atoms with Crippen LogP contribution in [0.15, 0.2) is 42.5 Å².